The highest BCUT2D eigenvalue weighted by Gasteiger charge is 2.10. The average Bonchev–Trinajstić information content (AvgIpc) is 2.74. The lowest BCUT2D eigenvalue weighted by Gasteiger charge is -2.14. The summed E-state index contributed by atoms with van der Waals surface area (Å²) in [6, 6.07) is 3.46. The van der Waals surface area contributed by atoms with Crippen LogP contribution in [0.4, 0.5) is 8.78 Å². The van der Waals surface area contributed by atoms with Crippen molar-refractivity contribution in [2.75, 3.05) is 6.54 Å². The predicted molar refractivity (Wildman–Crippen MR) is 68.6 cm³/mol. The van der Waals surface area contributed by atoms with Crippen molar-refractivity contribution < 1.29 is 18.3 Å². The monoisotopic (exact) mass is 279 g/mol. The SMILES string of the molecule is CC(C)C(O)CNCc1ccc(CSC(F)F)o1. The Morgan fingerprint density at radius 2 is 2.00 bits per heavy atom. The van der Waals surface area contributed by atoms with E-state index in [9.17, 15) is 13.9 Å². The van der Waals surface area contributed by atoms with Gasteiger partial charge in [-0.2, -0.15) is 8.78 Å². The van der Waals surface area contributed by atoms with Gasteiger partial charge in [0.2, 0.25) is 0 Å². The molecule has 1 aromatic rings. The number of thioether (sulfide) groups is 1. The third-order valence-electron chi connectivity index (χ3n) is 2.49. The molecule has 1 aromatic heterocycles. The van der Waals surface area contributed by atoms with Gasteiger partial charge in [0.1, 0.15) is 11.5 Å². The highest BCUT2D eigenvalue weighted by Crippen LogP contribution is 2.21. The largest absolute Gasteiger partial charge is 0.464 e. The molecule has 0 aliphatic rings. The Kier molecular flexibility index (Phi) is 6.67. The van der Waals surface area contributed by atoms with Crippen molar-refractivity contribution in [2.24, 2.45) is 5.92 Å². The number of alkyl halides is 2. The minimum Gasteiger partial charge on any atom is -0.464 e. The molecule has 1 atom stereocenters. The summed E-state index contributed by atoms with van der Waals surface area (Å²) < 4.78 is 29.3. The molecule has 0 aromatic carbocycles. The van der Waals surface area contributed by atoms with Crippen LogP contribution in [-0.4, -0.2) is 23.5 Å². The second-order valence-electron chi connectivity index (χ2n) is 4.38. The molecule has 0 fully saturated rings. The summed E-state index contributed by atoms with van der Waals surface area (Å²) in [6.07, 6.45) is -0.395. The van der Waals surface area contributed by atoms with Crippen LogP contribution in [0.1, 0.15) is 25.4 Å². The Morgan fingerprint density at radius 3 is 2.61 bits per heavy atom. The van der Waals surface area contributed by atoms with Crippen molar-refractivity contribution in [2.45, 2.75) is 38.0 Å². The van der Waals surface area contributed by atoms with Crippen LogP contribution in [0.15, 0.2) is 16.5 Å². The maximum atomic E-state index is 12.0. The predicted octanol–water partition coefficient (Wildman–Crippen LogP) is 2.84. The molecule has 2 N–H and O–H groups in total. The third kappa shape index (κ3) is 5.84. The molecular weight excluding hydrogens is 260 g/mol. The van der Waals surface area contributed by atoms with Gasteiger partial charge < -0.3 is 14.8 Å². The zero-order valence-corrected chi connectivity index (χ0v) is 11.3. The van der Waals surface area contributed by atoms with Gasteiger partial charge in [0.25, 0.3) is 5.76 Å². The Morgan fingerprint density at radius 1 is 1.33 bits per heavy atom. The van der Waals surface area contributed by atoms with Gasteiger partial charge in [-0.25, -0.2) is 0 Å². The van der Waals surface area contributed by atoms with E-state index in [-0.39, 0.29) is 11.7 Å². The Bertz CT molecular complexity index is 345. The molecule has 18 heavy (non-hydrogen) atoms. The van der Waals surface area contributed by atoms with Crippen LogP contribution in [0.3, 0.4) is 0 Å². The number of halogens is 2. The van der Waals surface area contributed by atoms with E-state index >= 15 is 0 Å². The van der Waals surface area contributed by atoms with Gasteiger partial charge in [-0.1, -0.05) is 25.6 Å². The average molecular weight is 279 g/mol. The summed E-state index contributed by atoms with van der Waals surface area (Å²) in [5.74, 6) is -0.769. The number of nitrogens with one attached hydrogen (secondary N) is 1. The van der Waals surface area contributed by atoms with Gasteiger partial charge in [0, 0.05) is 6.54 Å². The first kappa shape index (κ1) is 15.5. The number of hydrogen-bond donors (Lipinski definition) is 2. The van der Waals surface area contributed by atoms with Crippen LogP contribution >= 0.6 is 11.8 Å². The van der Waals surface area contributed by atoms with Crippen molar-refractivity contribution in [3.05, 3.63) is 23.7 Å². The first-order valence-corrected chi connectivity index (χ1v) is 6.90. The van der Waals surface area contributed by atoms with Crippen LogP contribution < -0.4 is 5.32 Å². The van der Waals surface area contributed by atoms with Crippen molar-refractivity contribution in [3.8, 4) is 0 Å². The zero-order valence-electron chi connectivity index (χ0n) is 10.5. The molecule has 0 saturated carbocycles. The molecule has 0 bridgehead atoms. The van der Waals surface area contributed by atoms with Gasteiger partial charge in [0.05, 0.1) is 18.4 Å². The molecule has 3 nitrogen and oxygen atoms in total. The van der Waals surface area contributed by atoms with Gasteiger partial charge in [-0.3, -0.25) is 0 Å². The van der Waals surface area contributed by atoms with E-state index in [2.05, 4.69) is 5.32 Å². The highest BCUT2D eigenvalue weighted by atomic mass is 32.2. The summed E-state index contributed by atoms with van der Waals surface area (Å²) >= 11 is 0.543. The molecule has 0 radical (unpaired) electrons. The quantitative estimate of drug-likeness (QED) is 0.768. The van der Waals surface area contributed by atoms with E-state index in [1.807, 2.05) is 13.8 Å². The lowest BCUT2D eigenvalue weighted by Crippen LogP contribution is -2.30. The number of hydrogen-bond acceptors (Lipinski definition) is 4. The molecule has 0 amide bonds. The Labute approximate surface area is 110 Å². The molecule has 104 valence electrons. The number of furan rings is 1. The van der Waals surface area contributed by atoms with Crippen molar-refractivity contribution in [3.63, 3.8) is 0 Å². The second kappa shape index (κ2) is 7.76. The third-order valence-corrected chi connectivity index (χ3v) is 3.19. The Hall–Kier alpha value is -0.590. The summed E-state index contributed by atoms with van der Waals surface area (Å²) in [5, 5.41) is 12.6. The molecule has 0 aliphatic carbocycles. The van der Waals surface area contributed by atoms with Crippen LogP contribution in [0.25, 0.3) is 0 Å². The van der Waals surface area contributed by atoms with E-state index in [1.165, 1.54) is 0 Å². The molecule has 0 spiro atoms. The normalized spacial score (nSPS) is 13.5. The van der Waals surface area contributed by atoms with Crippen molar-refractivity contribution >= 4 is 11.8 Å². The Balaban J connectivity index is 2.27. The van der Waals surface area contributed by atoms with E-state index in [0.717, 1.165) is 0 Å². The fourth-order valence-electron chi connectivity index (χ4n) is 1.32. The fourth-order valence-corrected chi connectivity index (χ4v) is 1.76. The minimum atomic E-state index is -2.38. The number of rotatable bonds is 8. The highest BCUT2D eigenvalue weighted by molar-refractivity contribution is 7.98. The standard InChI is InChI=1S/C12H19F2NO2S/c1-8(2)11(16)6-15-5-9-3-4-10(17-9)7-18-12(13)14/h3-4,8,11-12,15-16H,5-7H2,1-2H3. The van der Waals surface area contributed by atoms with Crippen LogP contribution in [-0.2, 0) is 12.3 Å². The summed E-state index contributed by atoms with van der Waals surface area (Å²) in [7, 11) is 0. The maximum absolute atomic E-state index is 12.0. The summed E-state index contributed by atoms with van der Waals surface area (Å²) in [6.45, 7) is 4.86. The first-order valence-electron chi connectivity index (χ1n) is 5.85. The van der Waals surface area contributed by atoms with Crippen LogP contribution in [0, 0.1) is 5.92 Å². The number of aliphatic hydroxyl groups excluding tert-OH is 1. The minimum absolute atomic E-state index is 0.173. The maximum Gasteiger partial charge on any atom is 0.284 e. The number of aliphatic hydroxyl groups is 1. The lowest BCUT2D eigenvalue weighted by molar-refractivity contribution is 0.122. The van der Waals surface area contributed by atoms with E-state index < -0.39 is 11.9 Å². The fraction of sp³-hybridized carbons (Fsp3) is 0.667. The van der Waals surface area contributed by atoms with Gasteiger partial charge in [0.15, 0.2) is 0 Å². The van der Waals surface area contributed by atoms with Gasteiger partial charge in [-0.15, -0.1) is 0 Å². The smallest absolute Gasteiger partial charge is 0.284 e. The summed E-state index contributed by atoms with van der Waals surface area (Å²) in [5.41, 5.74) is 0. The van der Waals surface area contributed by atoms with Crippen molar-refractivity contribution in [1.29, 1.82) is 0 Å². The molecule has 0 aliphatic heterocycles. The molecule has 1 unspecified atom stereocenters. The molecule has 6 heteroatoms. The first-order chi connectivity index (χ1) is 8.49. The van der Waals surface area contributed by atoms with Crippen molar-refractivity contribution in [1.82, 2.24) is 5.32 Å². The summed E-state index contributed by atoms with van der Waals surface area (Å²) in [4.78, 5) is 0. The van der Waals surface area contributed by atoms with Gasteiger partial charge >= 0.3 is 0 Å². The molecular formula is C12H19F2NO2S. The van der Waals surface area contributed by atoms with E-state index in [0.29, 0.717) is 36.4 Å². The lowest BCUT2D eigenvalue weighted by atomic mass is 10.1. The van der Waals surface area contributed by atoms with Crippen LogP contribution in [0.2, 0.25) is 0 Å². The molecule has 0 saturated heterocycles. The topological polar surface area (TPSA) is 45.4 Å². The molecule has 1 heterocycles. The molecule has 1 rings (SSSR count). The van der Waals surface area contributed by atoms with Gasteiger partial charge in [-0.05, 0) is 18.1 Å². The van der Waals surface area contributed by atoms with E-state index in [4.69, 9.17) is 4.42 Å². The van der Waals surface area contributed by atoms with Crippen LogP contribution in [0.5, 0.6) is 0 Å². The van der Waals surface area contributed by atoms with E-state index in [1.54, 1.807) is 12.1 Å². The second-order valence-corrected chi connectivity index (χ2v) is 5.36. The zero-order chi connectivity index (χ0) is 13.5.